The smallest absolute Gasteiger partial charge is 0.276 e. The summed E-state index contributed by atoms with van der Waals surface area (Å²) in [7, 11) is 0. The molecule has 1 aliphatic heterocycles. The van der Waals surface area contributed by atoms with Crippen LogP contribution in [0.25, 0.3) is 0 Å². The van der Waals surface area contributed by atoms with Crippen LogP contribution in [0.4, 0.5) is 0 Å². The van der Waals surface area contributed by atoms with E-state index in [0.717, 1.165) is 4.47 Å². The molecule has 8 heteroatoms. The summed E-state index contributed by atoms with van der Waals surface area (Å²) in [5.41, 5.74) is 6.09. The summed E-state index contributed by atoms with van der Waals surface area (Å²) in [4.78, 5) is 29.6. The molecule has 0 unspecified atom stereocenters. The molecule has 1 aliphatic rings. The van der Waals surface area contributed by atoms with Gasteiger partial charge in [0.15, 0.2) is 0 Å². The quantitative estimate of drug-likeness (QED) is 0.469. The summed E-state index contributed by atoms with van der Waals surface area (Å²) in [6, 6.07) is 1.68. The minimum Gasteiger partial charge on any atom is -0.369 e. The highest BCUT2D eigenvalue weighted by atomic mass is 79.9. The van der Waals surface area contributed by atoms with Crippen molar-refractivity contribution in [1.82, 2.24) is 15.6 Å². The van der Waals surface area contributed by atoms with Crippen molar-refractivity contribution in [3.05, 3.63) is 34.2 Å². The fourth-order valence-electron chi connectivity index (χ4n) is 1.52. The van der Waals surface area contributed by atoms with E-state index in [1.54, 1.807) is 18.3 Å². The number of hydrogen-bond donors (Lipinski definition) is 4. The molecule has 2 rings (SSSR count). The van der Waals surface area contributed by atoms with E-state index in [1.807, 2.05) is 0 Å². The Hall–Kier alpha value is -2.09. The van der Waals surface area contributed by atoms with Gasteiger partial charge >= 0.3 is 0 Å². The Bertz CT molecular complexity index is 575. The number of hydrogen-bond acceptors (Lipinski definition) is 4. The highest BCUT2D eigenvalue weighted by Gasteiger charge is 2.16. The number of aliphatic imine (C=N–C) groups is 1. The summed E-state index contributed by atoms with van der Waals surface area (Å²) in [5.74, 6) is -0.434. The lowest BCUT2D eigenvalue weighted by molar-refractivity contribution is -0.115. The minimum atomic E-state index is -0.322. The lowest BCUT2D eigenvalue weighted by Gasteiger charge is -2.00. The van der Waals surface area contributed by atoms with Crippen molar-refractivity contribution >= 4 is 33.7 Å². The van der Waals surface area contributed by atoms with Crippen LogP contribution in [0.3, 0.4) is 0 Å². The third kappa shape index (κ3) is 3.44. The Morgan fingerprint density at radius 2 is 2.37 bits per heavy atom. The van der Waals surface area contributed by atoms with E-state index in [-0.39, 0.29) is 23.5 Å². The van der Waals surface area contributed by atoms with Crippen molar-refractivity contribution in [1.29, 1.82) is 0 Å². The molecule has 5 N–H and O–H groups in total. The zero-order valence-corrected chi connectivity index (χ0v) is 11.5. The Labute approximate surface area is 117 Å². The molecule has 0 saturated heterocycles. The van der Waals surface area contributed by atoms with Crippen molar-refractivity contribution in [3.63, 3.8) is 0 Å². The number of carbonyl (C=O) groups is 2. The fourth-order valence-corrected chi connectivity index (χ4v) is 1.86. The second-order valence-corrected chi connectivity index (χ2v) is 4.73. The highest BCUT2D eigenvalue weighted by molar-refractivity contribution is 9.10. The molecule has 7 nitrogen and oxygen atoms in total. The Balaban J connectivity index is 1.80. The molecule has 0 spiro atoms. The molecule has 0 fully saturated rings. The van der Waals surface area contributed by atoms with E-state index in [9.17, 15) is 9.59 Å². The van der Waals surface area contributed by atoms with Crippen LogP contribution in [0.15, 0.2) is 33.5 Å². The first kappa shape index (κ1) is 13.3. The molecule has 1 aromatic rings. The summed E-state index contributed by atoms with van der Waals surface area (Å²) in [6.45, 7) is 0.404. The first-order chi connectivity index (χ1) is 9.06. The minimum absolute atomic E-state index is 0.0940. The van der Waals surface area contributed by atoms with E-state index < -0.39 is 0 Å². The molecule has 0 saturated carbocycles. The maximum atomic E-state index is 11.7. The van der Waals surface area contributed by atoms with E-state index >= 15 is 0 Å². The van der Waals surface area contributed by atoms with E-state index in [2.05, 4.69) is 36.5 Å². The van der Waals surface area contributed by atoms with Gasteiger partial charge in [0.25, 0.3) is 11.8 Å². The maximum Gasteiger partial charge on any atom is 0.276 e. The van der Waals surface area contributed by atoms with Gasteiger partial charge in [-0.05, 0) is 28.4 Å². The van der Waals surface area contributed by atoms with Gasteiger partial charge in [-0.3, -0.25) is 14.9 Å². The van der Waals surface area contributed by atoms with Crippen LogP contribution in [-0.4, -0.2) is 29.3 Å². The predicted molar refractivity (Wildman–Crippen MR) is 73.3 cm³/mol. The van der Waals surface area contributed by atoms with E-state index in [0.29, 0.717) is 18.7 Å². The van der Waals surface area contributed by atoms with E-state index in [4.69, 9.17) is 5.73 Å². The van der Waals surface area contributed by atoms with Gasteiger partial charge in [-0.15, -0.1) is 0 Å². The van der Waals surface area contributed by atoms with Crippen LogP contribution < -0.4 is 16.4 Å². The van der Waals surface area contributed by atoms with Gasteiger partial charge in [0.2, 0.25) is 5.96 Å². The molecular formula is C11H12BrN5O2. The molecule has 2 amide bonds. The maximum absolute atomic E-state index is 11.7. The zero-order valence-electron chi connectivity index (χ0n) is 9.87. The third-order valence-corrected chi connectivity index (χ3v) is 2.83. The Morgan fingerprint density at radius 1 is 1.58 bits per heavy atom. The van der Waals surface area contributed by atoms with Gasteiger partial charge < -0.3 is 16.0 Å². The van der Waals surface area contributed by atoms with Gasteiger partial charge in [0, 0.05) is 17.2 Å². The number of aromatic amines is 1. The van der Waals surface area contributed by atoms with Crippen molar-refractivity contribution in [2.24, 2.45) is 10.7 Å². The monoisotopic (exact) mass is 325 g/mol. The number of amides is 2. The number of H-pyrrole nitrogens is 1. The van der Waals surface area contributed by atoms with Crippen molar-refractivity contribution in [3.8, 4) is 0 Å². The number of nitrogens with zero attached hydrogens (tertiary/aromatic N) is 1. The summed E-state index contributed by atoms with van der Waals surface area (Å²) >= 11 is 3.25. The second-order valence-electron chi connectivity index (χ2n) is 3.82. The number of halogens is 1. The van der Waals surface area contributed by atoms with Crippen LogP contribution in [-0.2, 0) is 4.79 Å². The van der Waals surface area contributed by atoms with Gasteiger partial charge in [0.05, 0.1) is 0 Å². The van der Waals surface area contributed by atoms with Gasteiger partial charge in [-0.2, -0.15) is 0 Å². The van der Waals surface area contributed by atoms with E-state index in [1.165, 1.54) is 0 Å². The standard InChI is InChI=1S/C11H12BrN5O2/c12-6-4-8(15-5-6)9(18)14-3-1-2-7-10(19)17-11(13)16-7/h2,4-5,15H,1,3H2,(H,14,18)(H3,13,16,17,19)/b7-2+. The summed E-state index contributed by atoms with van der Waals surface area (Å²) < 4.78 is 0.812. The largest absolute Gasteiger partial charge is 0.369 e. The predicted octanol–water partition coefficient (Wildman–Crippen LogP) is 0.225. The van der Waals surface area contributed by atoms with Crippen molar-refractivity contribution in [2.45, 2.75) is 6.42 Å². The molecular weight excluding hydrogens is 314 g/mol. The molecule has 100 valence electrons. The van der Waals surface area contributed by atoms with Gasteiger partial charge in [0.1, 0.15) is 11.4 Å². The number of guanidine groups is 1. The summed E-state index contributed by atoms with van der Waals surface area (Å²) in [5, 5.41) is 5.08. The SMILES string of the molecule is NC1=N/C(=C/CCNC(=O)c2cc(Br)c[nH]2)C(=O)N1. The van der Waals surface area contributed by atoms with Crippen molar-refractivity contribution < 1.29 is 9.59 Å². The fraction of sp³-hybridized carbons (Fsp3) is 0.182. The van der Waals surface area contributed by atoms with Crippen molar-refractivity contribution in [2.75, 3.05) is 6.54 Å². The Kier molecular flexibility index (Phi) is 4.00. The van der Waals surface area contributed by atoms with Crippen LogP contribution in [0.1, 0.15) is 16.9 Å². The lowest BCUT2D eigenvalue weighted by Crippen LogP contribution is -2.30. The highest BCUT2D eigenvalue weighted by Crippen LogP contribution is 2.10. The van der Waals surface area contributed by atoms with Gasteiger partial charge in [-0.25, -0.2) is 4.99 Å². The first-order valence-electron chi connectivity index (χ1n) is 5.54. The topological polar surface area (TPSA) is 112 Å². The van der Waals surface area contributed by atoms with Crippen LogP contribution in [0.5, 0.6) is 0 Å². The molecule has 0 aromatic carbocycles. The lowest BCUT2D eigenvalue weighted by atomic mass is 10.3. The first-order valence-corrected chi connectivity index (χ1v) is 6.33. The molecule has 19 heavy (non-hydrogen) atoms. The molecule has 1 aromatic heterocycles. The number of nitrogens with one attached hydrogen (secondary N) is 3. The van der Waals surface area contributed by atoms with Crippen LogP contribution >= 0.6 is 15.9 Å². The van der Waals surface area contributed by atoms with Crippen LogP contribution in [0, 0.1) is 0 Å². The number of carbonyl (C=O) groups excluding carboxylic acids is 2. The average Bonchev–Trinajstić information content (AvgIpc) is 2.91. The molecule has 0 radical (unpaired) electrons. The zero-order chi connectivity index (χ0) is 13.8. The Morgan fingerprint density at radius 3 is 2.95 bits per heavy atom. The summed E-state index contributed by atoms with van der Waals surface area (Å²) in [6.07, 6.45) is 3.80. The van der Waals surface area contributed by atoms with Crippen LogP contribution in [0.2, 0.25) is 0 Å². The molecule has 0 bridgehead atoms. The number of aromatic nitrogens is 1. The molecule has 0 atom stereocenters. The molecule has 2 heterocycles. The number of nitrogens with two attached hydrogens (primary N) is 1. The second kappa shape index (κ2) is 5.70. The normalized spacial score (nSPS) is 16.4. The third-order valence-electron chi connectivity index (χ3n) is 2.38. The average molecular weight is 326 g/mol. The number of rotatable bonds is 4. The molecule has 0 aliphatic carbocycles. The van der Waals surface area contributed by atoms with Gasteiger partial charge in [-0.1, -0.05) is 6.08 Å².